The number of aromatic nitrogens is 2. The van der Waals surface area contributed by atoms with Crippen molar-refractivity contribution < 1.29 is 4.79 Å². The monoisotopic (exact) mass is 303 g/mol. The van der Waals surface area contributed by atoms with Crippen molar-refractivity contribution in [2.75, 3.05) is 5.32 Å². The number of rotatable bonds is 1. The lowest BCUT2D eigenvalue weighted by atomic mass is 9.87. The molecule has 1 atom stereocenters. The zero-order chi connectivity index (χ0) is 15.2. The third-order valence-electron chi connectivity index (χ3n) is 3.74. The summed E-state index contributed by atoms with van der Waals surface area (Å²) in [7, 11) is 0. The number of nitrogens with zero attached hydrogens (tertiary/aromatic N) is 2. The van der Waals surface area contributed by atoms with E-state index < -0.39 is 0 Å². The molecule has 0 fully saturated rings. The molecular weight excluding hydrogens is 286 g/mol. The molecule has 1 aromatic carbocycles. The molecule has 0 saturated heterocycles. The van der Waals surface area contributed by atoms with Gasteiger partial charge >= 0.3 is 0 Å². The molecule has 110 valence electrons. The van der Waals surface area contributed by atoms with E-state index >= 15 is 0 Å². The van der Waals surface area contributed by atoms with Crippen molar-refractivity contribution in [1.82, 2.24) is 9.78 Å². The molecule has 5 heteroatoms. The highest BCUT2D eigenvalue weighted by Crippen LogP contribution is 2.40. The van der Waals surface area contributed by atoms with Gasteiger partial charge in [0.25, 0.3) is 0 Å². The average molecular weight is 304 g/mol. The molecule has 2 heterocycles. The van der Waals surface area contributed by atoms with E-state index in [1.807, 2.05) is 35.1 Å². The topological polar surface area (TPSA) is 46.9 Å². The van der Waals surface area contributed by atoms with Crippen molar-refractivity contribution in [2.24, 2.45) is 0 Å². The number of carbonyl (C=O) groups excluding carboxylic acids is 1. The Bertz CT molecular complexity index is 700. The van der Waals surface area contributed by atoms with Gasteiger partial charge in [0, 0.05) is 22.9 Å². The Morgan fingerprint density at radius 2 is 2.00 bits per heavy atom. The minimum atomic E-state index is -0.191. The second kappa shape index (κ2) is 4.88. The van der Waals surface area contributed by atoms with Crippen LogP contribution in [-0.4, -0.2) is 15.7 Å². The molecule has 1 aliphatic heterocycles. The smallest absolute Gasteiger partial charge is 0.226 e. The van der Waals surface area contributed by atoms with Crippen molar-refractivity contribution in [3.8, 4) is 0 Å². The van der Waals surface area contributed by atoms with E-state index in [2.05, 4.69) is 31.2 Å². The third kappa shape index (κ3) is 2.44. The number of hydrogen-bond acceptors (Lipinski definition) is 2. The zero-order valence-corrected chi connectivity index (χ0v) is 13.1. The maximum absolute atomic E-state index is 12.1. The van der Waals surface area contributed by atoms with Gasteiger partial charge in [0.05, 0.1) is 11.7 Å². The van der Waals surface area contributed by atoms with Gasteiger partial charge in [0.2, 0.25) is 5.91 Å². The summed E-state index contributed by atoms with van der Waals surface area (Å²) in [4.78, 5) is 12.1. The van der Waals surface area contributed by atoms with E-state index in [0.29, 0.717) is 11.4 Å². The molecule has 4 nitrogen and oxygen atoms in total. The van der Waals surface area contributed by atoms with Gasteiger partial charge in [-0.25, -0.2) is 4.68 Å². The molecule has 1 aromatic heterocycles. The lowest BCUT2D eigenvalue weighted by Crippen LogP contribution is -2.30. The normalized spacial score (nSPS) is 18.3. The Labute approximate surface area is 129 Å². The second-order valence-electron chi connectivity index (χ2n) is 6.36. The maximum Gasteiger partial charge on any atom is 0.226 e. The minimum absolute atomic E-state index is 0.00146. The van der Waals surface area contributed by atoms with E-state index in [-0.39, 0.29) is 17.4 Å². The molecule has 21 heavy (non-hydrogen) atoms. The number of fused-ring (bicyclic) bond motifs is 1. The highest BCUT2D eigenvalue weighted by Gasteiger charge is 2.33. The second-order valence-corrected chi connectivity index (χ2v) is 6.76. The lowest BCUT2D eigenvalue weighted by Gasteiger charge is -2.28. The van der Waals surface area contributed by atoms with Crippen LogP contribution in [0.3, 0.4) is 0 Å². The summed E-state index contributed by atoms with van der Waals surface area (Å²) >= 11 is 6.31. The first-order valence-electron chi connectivity index (χ1n) is 7.00. The maximum atomic E-state index is 12.1. The number of hydrogen-bond donors (Lipinski definition) is 1. The summed E-state index contributed by atoms with van der Waals surface area (Å²) in [5.74, 6) is 0.737. The predicted octanol–water partition coefficient (Wildman–Crippen LogP) is 3.77. The van der Waals surface area contributed by atoms with Crippen LogP contribution in [0.5, 0.6) is 0 Å². The number of halogens is 1. The number of benzene rings is 1. The fraction of sp³-hybridized carbons (Fsp3) is 0.375. The summed E-state index contributed by atoms with van der Waals surface area (Å²) in [6.07, 6.45) is 2.24. The molecule has 0 saturated carbocycles. The van der Waals surface area contributed by atoms with Crippen LogP contribution in [0.2, 0.25) is 5.02 Å². The molecule has 2 aromatic rings. The molecule has 1 amide bonds. The van der Waals surface area contributed by atoms with Crippen molar-refractivity contribution in [1.29, 1.82) is 0 Å². The molecule has 0 radical (unpaired) electrons. The van der Waals surface area contributed by atoms with E-state index in [1.54, 1.807) is 0 Å². The number of nitrogens with one attached hydrogen (secondary N) is 1. The molecule has 0 aliphatic carbocycles. The first-order chi connectivity index (χ1) is 9.88. The van der Waals surface area contributed by atoms with Crippen LogP contribution < -0.4 is 5.32 Å². The number of carbonyl (C=O) groups is 1. The van der Waals surface area contributed by atoms with Gasteiger partial charge in [-0.15, -0.1) is 0 Å². The Morgan fingerprint density at radius 3 is 2.67 bits per heavy atom. The molecule has 3 rings (SSSR count). The fourth-order valence-corrected chi connectivity index (χ4v) is 3.03. The molecule has 0 bridgehead atoms. The van der Waals surface area contributed by atoms with Gasteiger partial charge in [0.1, 0.15) is 5.82 Å². The van der Waals surface area contributed by atoms with Gasteiger partial charge in [-0.3, -0.25) is 4.79 Å². The summed E-state index contributed by atoms with van der Waals surface area (Å²) in [6, 6.07) is 7.68. The Kier molecular flexibility index (Phi) is 3.29. The highest BCUT2D eigenvalue weighted by atomic mass is 35.5. The van der Waals surface area contributed by atoms with Gasteiger partial charge in [-0.2, -0.15) is 5.10 Å². The van der Waals surface area contributed by atoms with Crippen molar-refractivity contribution in [3.63, 3.8) is 0 Å². The Morgan fingerprint density at radius 1 is 1.29 bits per heavy atom. The standard InChI is InChI=1S/C16H18ClN3O/c1-16(2,3)20-15-12(9-18-20)11(8-14(21)19-15)10-6-4-5-7-13(10)17/h4-7,9,11H,8H2,1-3H3,(H,19,21)/t11-/m0/s1. The van der Waals surface area contributed by atoms with Crippen LogP contribution in [0.15, 0.2) is 30.5 Å². The van der Waals surface area contributed by atoms with Crippen LogP contribution in [0.4, 0.5) is 5.82 Å². The van der Waals surface area contributed by atoms with E-state index in [9.17, 15) is 4.79 Å². The van der Waals surface area contributed by atoms with Crippen LogP contribution in [0, 0.1) is 0 Å². The molecular formula is C16H18ClN3O. The highest BCUT2D eigenvalue weighted by molar-refractivity contribution is 6.31. The van der Waals surface area contributed by atoms with Crippen molar-refractivity contribution in [3.05, 3.63) is 46.6 Å². The summed E-state index contributed by atoms with van der Waals surface area (Å²) in [5, 5.41) is 8.11. The predicted molar refractivity (Wildman–Crippen MR) is 83.8 cm³/mol. The number of anilines is 1. The summed E-state index contributed by atoms with van der Waals surface area (Å²) < 4.78 is 1.86. The van der Waals surface area contributed by atoms with Gasteiger partial charge in [0.15, 0.2) is 0 Å². The SMILES string of the molecule is CC(C)(C)n1ncc2c1NC(=O)C[C@H]2c1ccccc1Cl. The molecule has 0 spiro atoms. The van der Waals surface area contributed by atoms with Crippen LogP contribution in [0.25, 0.3) is 0 Å². The van der Waals surface area contributed by atoms with Crippen LogP contribution in [0.1, 0.15) is 44.2 Å². The van der Waals surface area contributed by atoms with Crippen LogP contribution in [-0.2, 0) is 10.3 Å². The van der Waals surface area contributed by atoms with Crippen LogP contribution >= 0.6 is 11.6 Å². The van der Waals surface area contributed by atoms with Gasteiger partial charge in [-0.05, 0) is 32.4 Å². The lowest BCUT2D eigenvalue weighted by molar-refractivity contribution is -0.116. The van der Waals surface area contributed by atoms with Crippen molar-refractivity contribution in [2.45, 2.75) is 38.6 Å². The largest absolute Gasteiger partial charge is 0.311 e. The Hall–Kier alpha value is -1.81. The molecule has 0 unspecified atom stereocenters. The van der Waals surface area contributed by atoms with Crippen molar-refractivity contribution >= 4 is 23.3 Å². The summed E-state index contributed by atoms with van der Waals surface area (Å²) in [6.45, 7) is 6.18. The molecule has 1 aliphatic rings. The first-order valence-corrected chi connectivity index (χ1v) is 7.38. The van der Waals surface area contributed by atoms with Gasteiger partial charge < -0.3 is 5.32 Å². The quantitative estimate of drug-likeness (QED) is 0.872. The first kappa shape index (κ1) is 14.1. The molecule has 1 N–H and O–H groups in total. The Balaban J connectivity index is 2.14. The minimum Gasteiger partial charge on any atom is -0.311 e. The number of amides is 1. The fourth-order valence-electron chi connectivity index (χ4n) is 2.76. The average Bonchev–Trinajstić information content (AvgIpc) is 2.82. The van der Waals surface area contributed by atoms with Gasteiger partial charge in [-0.1, -0.05) is 29.8 Å². The third-order valence-corrected chi connectivity index (χ3v) is 4.08. The zero-order valence-electron chi connectivity index (χ0n) is 12.4. The van der Waals surface area contributed by atoms with E-state index in [0.717, 1.165) is 16.9 Å². The van der Waals surface area contributed by atoms with E-state index in [1.165, 1.54) is 0 Å². The summed E-state index contributed by atoms with van der Waals surface area (Å²) in [5.41, 5.74) is 1.81. The van der Waals surface area contributed by atoms with E-state index in [4.69, 9.17) is 11.6 Å².